The molecule has 0 aromatic heterocycles. The number of hydrogen-bond acceptors (Lipinski definition) is 4. The van der Waals surface area contributed by atoms with E-state index in [0.717, 1.165) is 12.8 Å². The van der Waals surface area contributed by atoms with Gasteiger partial charge in [-0.15, -0.1) is 0 Å². The van der Waals surface area contributed by atoms with Crippen LogP contribution in [0, 0.1) is 17.3 Å². The lowest BCUT2D eigenvalue weighted by molar-refractivity contribution is -0.220. The van der Waals surface area contributed by atoms with Gasteiger partial charge in [0.2, 0.25) is 0 Å². The number of carboxylic acid groups (broad SMARTS) is 2. The smallest absolute Gasteiger partial charge is 0.305 e. The molecular formula is C16H34O6. The van der Waals surface area contributed by atoms with E-state index in [-0.39, 0.29) is 11.8 Å². The summed E-state index contributed by atoms with van der Waals surface area (Å²) in [5.74, 6) is -3.50. The van der Waals surface area contributed by atoms with Crippen LogP contribution in [-0.4, -0.2) is 38.2 Å². The van der Waals surface area contributed by atoms with Gasteiger partial charge in [-0.05, 0) is 13.3 Å². The third kappa shape index (κ3) is 15.3. The third-order valence-corrected chi connectivity index (χ3v) is 3.14. The normalized spacial score (nSPS) is 11.3. The minimum Gasteiger partial charge on any atom is -0.481 e. The molecule has 0 aromatic rings. The van der Waals surface area contributed by atoms with Gasteiger partial charge in [-0.25, -0.2) is 0 Å². The lowest BCUT2D eigenvalue weighted by Crippen LogP contribution is -2.41. The zero-order valence-electron chi connectivity index (χ0n) is 15.2. The highest BCUT2D eigenvalue weighted by atomic mass is 16.5. The summed E-state index contributed by atoms with van der Waals surface area (Å²) in [6, 6.07) is 0. The van der Waals surface area contributed by atoms with Gasteiger partial charge in [-0.1, -0.05) is 54.9 Å². The van der Waals surface area contributed by atoms with Gasteiger partial charge in [0.25, 0.3) is 0 Å². The Labute approximate surface area is 134 Å². The van der Waals surface area contributed by atoms with Crippen molar-refractivity contribution in [2.24, 2.45) is 17.3 Å². The Morgan fingerprint density at radius 3 is 1.14 bits per heavy atom. The van der Waals surface area contributed by atoms with Crippen molar-refractivity contribution in [3.63, 3.8) is 0 Å². The number of hydrogen-bond donors (Lipinski definition) is 4. The van der Waals surface area contributed by atoms with Crippen molar-refractivity contribution in [1.82, 2.24) is 0 Å². The third-order valence-electron chi connectivity index (χ3n) is 3.14. The molecule has 0 unspecified atom stereocenters. The van der Waals surface area contributed by atoms with E-state index < -0.39 is 23.1 Å². The minimum absolute atomic E-state index is 0.231. The lowest BCUT2D eigenvalue weighted by atomic mass is 9.80. The number of aliphatic carboxylic acids is 2. The Morgan fingerprint density at radius 1 is 0.864 bits per heavy atom. The van der Waals surface area contributed by atoms with E-state index >= 15 is 0 Å². The average Bonchev–Trinajstić information content (AvgIpc) is 2.28. The van der Waals surface area contributed by atoms with Crippen LogP contribution in [0.2, 0.25) is 0 Å². The zero-order chi connectivity index (χ0) is 18.7. The van der Waals surface area contributed by atoms with E-state index in [1.165, 1.54) is 6.92 Å². The van der Waals surface area contributed by atoms with Crippen LogP contribution in [0.1, 0.15) is 68.2 Å². The van der Waals surface area contributed by atoms with Gasteiger partial charge in [-0.3, -0.25) is 9.59 Å². The molecule has 0 amide bonds. The summed E-state index contributed by atoms with van der Waals surface area (Å²) in [5.41, 5.74) is -0.401. The molecule has 0 fully saturated rings. The first-order valence-corrected chi connectivity index (χ1v) is 7.50. The van der Waals surface area contributed by atoms with Gasteiger partial charge >= 0.3 is 11.9 Å². The lowest BCUT2D eigenvalue weighted by Gasteiger charge is -2.35. The summed E-state index contributed by atoms with van der Waals surface area (Å²) < 4.78 is 0. The van der Waals surface area contributed by atoms with Crippen molar-refractivity contribution >= 4 is 11.9 Å². The van der Waals surface area contributed by atoms with Crippen LogP contribution in [0.5, 0.6) is 0 Å². The van der Waals surface area contributed by atoms with E-state index in [1.807, 2.05) is 20.8 Å². The molecule has 0 radical (unpaired) electrons. The van der Waals surface area contributed by atoms with Gasteiger partial charge < -0.3 is 20.4 Å². The van der Waals surface area contributed by atoms with Crippen molar-refractivity contribution in [3.05, 3.63) is 0 Å². The van der Waals surface area contributed by atoms with Crippen LogP contribution in [0.3, 0.4) is 0 Å². The number of carbonyl (C=O) groups is 2. The van der Waals surface area contributed by atoms with Crippen molar-refractivity contribution in [2.75, 3.05) is 0 Å². The summed E-state index contributed by atoms with van der Waals surface area (Å²) in [5, 5.41) is 34.4. The maximum atomic E-state index is 9.70. The summed E-state index contributed by atoms with van der Waals surface area (Å²) in [7, 11) is 0. The highest BCUT2D eigenvalue weighted by Crippen LogP contribution is 2.32. The fraction of sp³-hybridized carbons (Fsp3) is 0.875. The Kier molecular flexibility index (Phi) is 13.4. The van der Waals surface area contributed by atoms with Gasteiger partial charge in [0.15, 0.2) is 5.79 Å². The second-order valence-electron chi connectivity index (χ2n) is 6.64. The second-order valence-corrected chi connectivity index (χ2v) is 6.64. The first-order valence-electron chi connectivity index (χ1n) is 7.50. The monoisotopic (exact) mass is 322 g/mol. The van der Waals surface area contributed by atoms with Crippen molar-refractivity contribution < 1.29 is 30.0 Å². The maximum Gasteiger partial charge on any atom is 0.305 e. The molecule has 22 heavy (non-hydrogen) atoms. The predicted molar refractivity (Wildman–Crippen MR) is 86.5 cm³/mol. The molecule has 6 nitrogen and oxygen atoms in total. The Hall–Kier alpha value is -1.14. The van der Waals surface area contributed by atoms with Crippen LogP contribution in [-0.2, 0) is 9.59 Å². The summed E-state index contributed by atoms with van der Waals surface area (Å²) in [6.45, 7) is 13.7. The first-order chi connectivity index (χ1) is 9.60. The van der Waals surface area contributed by atoms with Crippen molar-refractivity contribution in [3.8, 4) is 0 Å². The molecule has 134 valence electrons. The molecule has 6 heteroatoms. The summed E-state index contributed by atoms with van der Waals surface area (Å²) in [4.78, 5) is 19.4. The fourth-order valence-corrected chi connectivity index (χ4v) is 0.862. The average molecular weight is 322 g/mol. The fourth-order valence-electron chi connectivity index (χ4n) is 0.862. The molecule has 0 spiro atoms. The van der Waals surface area contributed by atoms with Crippen LogP contribution in [0.4, 0.5) is 0 Å². The summed E-state index contributed by atoms with van der Waals surface area (Å²) in [6.07, 6.45) is 1.81. The zero-order valence-corrected chi connectivity index (χ0v) is 15.2. The molecule has 0 heterocycles. The molecule has 0 rings (SSSR count). The molecule has 0 saturated heterocycles. The van der Waals surface area contributed by atoms with E-state index in [2.05, 4.69) is 0 Å². The quantitative estimate of drug-likeness (QED) is 0.578. The molecule has 0 saturated carbocycles. The van der Waals surface area contributed by atoms with E-state index in [0.29, 0.717) is 0 Å². The highest BCUT2D eigenvalue weighted by molar-refractivity contribution is 5.69. The van der Waals surface area contributed by atoms with E-state index in [4.69, 9.17) is 10.2 Å². The second kappa shape index (κ2) is 11.4. The van der Waals surface area contributed by atoms with Crippen LogP contribution >= 0.6 is 0 Å². The van der Waals surface area contributed by atoms with Crippen LogP contribution in [0.25, 0.3) is 0 Å². The predicted octanol–water partition coefficient (Wildman–Crippen LogP) is 2.97. The standard InChI is InChI=1S/C8H18O2.2C4H8O2/c1-5-6-7(2,3)8(4,9)10;2*1-3(2)4(5)6/h9-10H,5-6H2,1-4H3;2*3H,1-2H3,(H,5,6). The number of carboxylic acids is 2. The van der Waals surface area contributed by atoms with Gasteiger partial charge in [0.05, 0.1) is 11.8 Å². The van der Waals surface area contributed by atoms with Crippen LogP contribution in [0.15, 0.2) is 0 Å². The van der Waals surface area contributed by atoms with Gasteiger partial charge in [-0.2, -0.15) is 0 Å². The highest BCUT2D eigenvalue weighted by Gasteiger charge is 2.36. The largest absolute Gasteiger partial charge is 0.481 e. The Balaban J connectivity index is -0.000000261. The number of aliphatic hydroxyl groups is 2. The molecule has 0 aromatic carbocycles. The first kappa shape index (κ1) is 25.8. The molecule has 0 aliphatic heterocycles. The molecule has 4 N–H and O–H groups in total. The van der Waals surface area contributed by atoms with Gasteiger partial charge in [0.1, 0.15) is 0 Å². The van der Waals surface area contributed by atoms with Crippen molar-refractivity contribution in [2.45, 2.75) is 74.0 Å². The van der Waals surface area contributed by atoms with Gasteiger partial charge in [0, 0.05) is 5.41 Å². The van der Waals surface area contributed by atoms with Crippen molar-refractivity contribution in [1.29, 1.82) is 0 Å². The summed E-state index contributed by atoms with van der Waals surface area (Å²) >= 11 is 0. The van der Waals surface area contributed by atoms with E-state index in [1.54, 1.807) is 27.7 Å². The minimum atomic E-state index is -1.55. The molecule has 0 bridgehead atoms. The van der Waals surface area contributed by atoms with E-state index in [9.17, 15) is 19.8 Å². The maximum absolute atomic E-state index is 9.70. The Bertz CT molecular complexity index is 295. The Morgan fingerprint density at radius 2 is 1.09 bits per heavy atom. The SMILES string of the molecule is CC(C)C(=O)O.CC(C)C(=O)O.CCCC(C)(C)C(C)(O)O. The molecule has 0 aliphatic carbocycles. The molecular weight excluding hydrogens is 288 g/mol. The topological polar surface area (TPSA) is 115 Å². The molecule has 0 atom stereocenters. The van der Waals surface area contributed by atoms with Crippen LogP contribution < -0.4 is 0 Å². The molecule has 0 aliphatic rings. The number of rotatable bonds is 5.